The standard InChI is InChI=1S/3C26H26ClFN4O3/c3*1-32-13-17(6-8-24(32)34)18-10-21(25(29)30-12-18)15-5-7-20(22(28)11-15)26(35)31-23(14-33)16-3-2-4-19(27)9-16/h3*2-5,7,9-12,17,23,33H,6,8,13-14H2,1H3,(H2,29,30)(H,31,35)/t17?,23-;17-,23+;17-,23-/m101/s1. The molecule has 12 rings (SSSR count). The highest BCUT2D eigenvalue weighted by Gasteiger charge is 2.30. The summed E-state index contributed by atoms with van der Waals surface area (Å²) in [5, 5.41) is 38.5. The maximum atomic E-state index is 15.0. The van der Waals surface area contributed by atoms with Crippen LogP contribution in [0.5, 0.6) is 0 Å². The largest absolute Gasteiger partial charge is 0.394 e. The van der Waals surface area contributed by atoms with E-state index >= 15 is 13.2 Å². The summed E-state index contributed by atoms with van der Waals surface area (Å²) in [5.74, 6) is -2.77. The van der Waals surface area contributed by atoms with E-state index in [-0.39, 0.29) is 89.4 Å². The molecule has 6 atom stereocenters. The van der Waals surface area contributed by atoms with Gasteiger partial charge in [-0.25, -0.2) is 28.1 Å². The lowest BCUT2D eigenvalue weighted by atomic mass is 9.90. The Morgan fingerprint density at radius 1 is 0.438 bits per heavy atom. The number of aliphatic hydroxyl groups excluding tert-OH is 3. The van der Waals surface area contributed by atoms with E-state index in [1.807, 2.05) is 18.2 Å². The average molecular weight is 1490 g/mol. The lowest BCUT2D eigenvalue weighted by Crippen LogP contribution is -2.35. The molecule has 21 nitrogen and oxygen atoms in total. The van der Waals surface area contributed by atoms with Crippen molar-refractivity contribution < 1.29 is 57.3 Å². The molecular weight excluding hydrogens is 1410 g/mol. The van der Waals surface area contributed by atoms with Crippen LogP contribution in [0.25, 0.3) is 33.4 Å². The van der Waals surface area contributed by atoms with E-state index in [1.54, 1.807) is 145 Å². The van der Waals surface area contributed by atoms with E-state index in [1.165, 1.54) is 36.4 Å². The number of amides is 6. The lowest BCUT2D eigenvalue weighted by Gasteiger charge is -2.30. The van der Waals surface area contributed by atoms with Crippen LogP contribution in [0, 0.1) is 17.5 Å². The number of hydrogen-bond acceptors (Lipinski definition) is 15. The van der Waals surface area contributed by atoms with Crippen LogP contribution in [0.15, 0.2) is 164 Å². The number of nitrogens with one attached hydrogen (secondary N) is 3. The van der Waals surface area contributed by atoms with Crippen LogP contribution in [0.3, 0.4) is 0 Å². The molecule has 3 saturated heterocycles. The molecule has 3 aliphatic heterocycles. The van der Waals surface area contributed by atoms with E-state index in [0.29, 0.717) is 123 Å². The molecule has 3 aliphatic rings. The number of aliphatic hydroxyl groups is 3. The zero-order chi connectivity index (χ0) is 75.3. The number of nitrogen functional groups attached to an aromatic ring is 3. The fourth-order valence-corrected chi connectivity index (χ4v) is 13.5. The highest BCUT2D eigenvalue weighted by molar-refractivity contribution is 6.31. The predicted octanol–water partition coefficient (Wildman–Crippen LogP) is 11.8. The molecule has 0 aliphatic carbocycles. The molecule has 0 bridgehead atoms. The van der Waals surface area contributed by atoms with E-state index in [4.69, 9.17) is 52.0 Å². The van der Waals surface area contributed by atoms with Gasteiger partial charge in [0.1, 0.15) is 34.9 Å². The van der Waals surface area contributed by atoms with Gasteiger partial charge in [0.15, 0.2) is 0 Å². The van der Waals surface area contributed by atoms with Crippen molar-refractivity contribution in [2.45, 2.75) is 74.4 Å². The van der Waals surface area contributed by atoms with Gasteiger partial charge in [-0.3, -0.25) is 28.8 Å². The van der Waals surface area contributed by atoms with Gasteiger partial charge in [0, 0.05) is 128 Å². The van der Waals surface area contributed by atoms with Gasteiger partial charge in [-0.2, -0.15) is 0 Å². The van der Waals surface area contributed by atoms with Crippen molar-refractivity contribution in [2.24, 2.45) is 0 Å². The maximum Gasteiger partial charge on any atom is 0.254 e. The number of likely N-dealkylation sites (N-methyl/N-ethyl adjacent to an activating group) is 3. The minimum atomic E-state index is -0.739. The second kappa shape index (κ2) is 34.9. The lowest BCUT2D eigenvalue weighted by molar-refractivity contribution is -0.133. The molecule has 6 heterocycles. The summed E-state index contributed by atoms with van der Waals surface area (Å²) in [5.41, 5.74) is 25.5. The molecule has 0 radical (unpaired) electrons. The number of pyridine rings is 3. The van der Waals surface area contributed by atoms with Crippen LogP contribution >= 0.6 is 34.8 Å². The van der Waals surface area contributed by atoms with Gasteiger partial charge in [0.05, 0.1) is 54.6 Å². The highest BCUT2D eigenvalue weighted by atomic mass is 35.5. The number of halogens is 6. The number of nitrogens with two attached hydrogens (primary N) is 3. The van der Waals surface area contributed by atoms with Gasteiger partial charge < -0.3 is 63.2 Å². The van der Waals surface area contributed by atoms with E-state index < -0.39 is 53.3 Å². The van der Waals surface area contributed by atoms with Gasteiger partial charge in [-0.1, -0.05) is 89.4 Å². The van der Waals surface area contributed by atoms with Crippen molar-refractivity contribution in [3.05, 3.63) is 247 Å². The van der Waals surface area contributed by atoms with Gasteiger partial charge in [-0.15, -0.1) is 0 Å². The summed E-state index contributed by atoms with van der Waals surface area (Å²) in [4.78, 5) is 91.7. The topological polar surface area (TPSA) is 326 Å². The Morgan fingerprint density at radius 2 is 0.705 bits per heavy atom. The third-order valence-corrected chi connectivity index (χ3v) is 19.6. The highest BCUT2D eigenvalue weighted by Crippen LogP contribution is 2.37. The van der Waals surface area contributed by atoms with Gasteiger partial charge in [-0.05, 0) is 160 Å². The number of likely N-dealkylation sites (tertiary alicyclic amines) is 3. The Hall–Kier alpha value is -10.5. The van der Waals surface area contributed by atoms with E-state index in [0.717, 1.165) is 16.7 Å². The minimum Gasteiger partial charge on any atom is -0.394 e. The zero-order valence-electron chi connectivity index (χ0n) is 57.5. The number of nitrogens with zero attached hydrogens (tertiary/aromatic N) is 6. The fourth-order valence-electron chi connectivity index (χ4n) is 12.9. The first kappa shape index (κ1) is 77.2. The first-order valence-corrected chi connectivity index (χ1v) is 34.8. The Balaban J connectivity index is 0.000000169. The van der Waals surface area contributed by atoms with Crippen molar-refractivity contribution in [1.82, 2.24) is 45.6 Å². The van der Waals surface area contributed by atoms with Gasteiger partial charge in [0.25, 0.3) is 17.7 Å². The Bertz CT molecular complexity index is 4270. The van der Waals surface area contributed by atoms with E-state index in [2.05, 4.69) is 30.9 Å². The molecule has 105 heavy (non-hydrogen) atoms. The molecule has 3 aromatic heterocycles. The monoisotopic (exact) mass is 1490 g/mol. The minimum absolute atomic E-state index is 0.111. The van der Waals surface area contributed by atoms with Crippen molar-refractivity contribution in [1.29, 1.82) is 0 Å². The molecule has 6 aromatic carbocycles. The summed E-state index contributed by atoms with van der Waals surface area (Å²) in [7, 11) is 5.31. The second-order valence-corrected chi connectivity index (χ2v) is 27.3. The van der Waals surface area contributed by atoms with Crippen LogP contribution in [0.1, 0.15) is 139 Å². The molecule has 27 heteroatoms. The molecule has 3 fully saturated rings. The number of aromatic nitrogens is 3. The molecule has 1 unspecified atom stereocenters. The summed E-state index contributed by atoms with van der Waals surface area (Å²) in [6.45, 7) is 0.621. The molecule has 12 N–H and O–H groups in total. The third-order valence-electron chi connectivity index (χ3n) is 18.9. The average Bonchev–Trinajstić information content (AvgIpc) is 0.806. The number of piperidine rings is 3. The summed E-state index contributed by atoms with van der Waals surface area (Å²) in [6.07, 6.45) is 8.58. The van der Waals surface area contributed by atoms with Crippen LogP contribution in [0.2, 0.25) is 15.1 Å². The van der Waals surface area contributed by atoms with Crippen LogP contribution in [0.4, 0.5) is 30.6 Å². The first-order valence-electron chi connectivity index (χ1n) is 33.7. The summed E-state index contributed by atoms with van der Waals surface area (Å²) >= 11 is 18.0. The molecule has 546 valence electrons. The van der Waals surface area contributed by atoms with Gasteiger partial charge in [0.2, 0.25) is 17.7 Å². The number of anilines is 3. The van der Waals surface area contributed by atoms with Crippen molar-refractivity contribution in [2.75, 3.05) is 77.8 Å². The number of benzene rings is 6. The quantitative estimate of drug-likeness (QED) is 0.0386. The molecule has 0 spiro atoms. The molecule has 6 amide bonds. The maximum absolute atomic E-state index is 15.0. The van der Waals surface area contributed by atoms with Crippen LogP contribution in [-0.4, -0.2) is 141 Å². The van der Waals surface area contributed by atoms with Crippen molar-refractivity contribution in [3.8, 4) is 33.4 Å². The van der Waals surface area contributed by atoms with E-state index in [9.17, 15) is 44.1 Å². The number of rotatable bonds is 18. The Labute approximate surface area is 619 Å². The van der Waals surface area contributed by atoms with Crippen molar-refractivity contribution >= 4 is 87.7 Å². The zero-order valence-corrected chi connectivity index (χ0v) is 59.8. The Kier molecular flexibility index (Phi) is 25.6. The predicted molar refractivity (Wildman–Crippen MR) is 397 cm³/mol. The number of hydrogen-bond donors (Lipinski definition) is 9. The second-order valence-electron chi connectivity index (χ2n) is 26.0. The molecule has 9 aromatic rings. The van der Waals surface area contributed by atoms with Crippen LogP contribution < -0.4 is 33.2 Å². The molecule has 0 saturated carbocycles. The SMILES string of the molecule is CN1CC(c2cnc(N)c(-c3ccc(C(=O)N[C@H](CO)c4cccc(Cl)c4)c(F)c3)c2)CCC1=O.CN1C[C@@H](c2cnc(N)c(-c3ccc(C(=O)N[C@H](CO)c4cccc(Cl)c4)c(F)c3)c2)CCC1=O.CN1C[C@H](c2cnc(N)c(-c3ccc(C(=O)N[C@H](CO)c4cccc(Cl)c4)c(F)c3)c2)CCC1=O. The van der Waals surface area contributed by atoms with Gasteiger partial charge >= 0.3 is 0 Å². The molecular formula is C78H78Cl3F3N12O9. The fraction of sp³-hybridized carbons (Fsp3) is 0.269. The van der Waals surface area contributed by atoms with Crippen molar-refractivity contribution in [3.63, 3.8) is 0 Å². The summed E-state index contributed by atoms with van der Waals surface area (Å²) < 4.78 is 45.1. The van der Waals surface area contributed by atoms with Crippen LogP contribution in [-0.2, 0) is 14.4 Å². The third kappa shape index (κ3) is 19.1. The summed E-state index contributed by atoms with van der Waals surface area (Å²) in [6, 6.07) is 36.3. The number of carbonyl (C=O) groups is 6. The smallest absolute Gasteiger partial charge is 0.254 e. The Morgan fingerprint density at radius 3 is 0.933 bits per heavy atom. The number of carbonyl (C=O) groups excluding carboxylic acids is 6. The normalized spacial score (nSPS) is 16.7. The first-order chi connectivity index (χ1) is 50.3.